The summed E-state index contributed by atoms with van der Waals surface area (Å²) in [5, 5.41) is 3.61. The highest BCUT2D eigenvalue weighted by molar-refractivity contribution is 6.18. The summed E-state index contributed by atoms with van der Waals surface area (Å²) in [6, 6.07) is 0. The van der Waals surface area contributed by atoms with Crippen LogP contribution in [0, 0.1) is 0 Å². The van der Waals surface area contributed by atoms with Gasteiger partial charge in [0.1, 0.15) is 0 Å². The number of hydrogen-bond donors (Lipinski definition) is 1. The van der Waals surface area contributed by atoms with E-state index in [2.05, 4.69) is 12.2 Å². The highest BCUT2D eigenvalue weighted by Gasteiger charge is 2.33. The fourth-order valence-electron chi connectivity index (χ4n) is 2.49. The molecule has 0 aromatic carbocycles. The van der Waals surface area contributed by atoms with Crippen LogP contribution in [0.25, 0.3) is 0 Å². The molecule has 4 heteroatoms. The van der Waals surface area contributed by atoms with E-state index in [-0.39, 0.29) is 5.54 Å². The number of hydrogen-bond acceptors (Lipinski definition) is 3. The molecule has 16 heavy (non-hydrogen) atoms. The van der Waals surface area contributed by atoms with Crippen molar-refractivity contribution in [2.24, 2.45) is 0 Å². The molecule has 0 spiro atoms. The summed E-state index contributed by atoms with van der Waals surface area (Å²) in [7, 11) is 0. The molecule has 2 rings (SSSR count). The minimum atomic E-state index is 0.0784. The number of alkyl halides is 1. The fourth-order valence-corrected chi connectivity index (χ4v) is 2.85. The molecule has 2 saturated heterocycles. The molecule has 3 nitrogen and oxygen atoms in total. The van der Waals surface area contributed by atoms with Gasteiger partial charge in [-0.05, 0) is 32.6 Å². The molecule has 0 amide bonds. The summed E-state index contributed by atoms with van der Waals surface area (Å²) in [5.74, 6) is 0.665. The third-order valence-corrected chi connectivity index (χ3v) is 4.24. The van der Waals surface area contributed by atoms with E-state index in [0.29, 0.717) is 18.1 Å². The van der Waals surface area contributed by atoms with Crippen LogP contribution in [0.2, 0.25) is 0 Å². The van der Waals surface area contributed by atoms with Gasteiger partial charge in [-0.1, -0.05) is 0 Å². The quantitative estimate of drug-likeness (QED) is 0.771. The molecule has 0 saturated carbocycles. The van der Waals surface area contributed by atoms with Crippen molar-refractivity contribution in [3.63, 3.8) is 0 Å². The molecule has 2 atom stereocenters. The van der Waals surface area contributed by atoms with Gasteiger partial charge in [-0.25, -0.2) is 0 Å². The van der Waals surface area contributed by atoms with Gasteiger partial charge in [-0.15, -0.1) is 11.6 Å². The van der Waals surface area contributed by atoms with Gasteiger partial charge in [0.2, 0.25) is 0 Å². The van der Waals surface area contributed by atoms with Crippen molar-refractivity contribution in [1.29, 1.82) is 0 Å². The lowest BCUT2D eigenvalue weighted by Crippen LogP contribution is -2.53. The molecular weight excluding hydrogens is 226 g/mol. The molecular formula is C12H22ClNO2. The van der Waals surface area contributed by atoms with Crippen LogP contribution in [0.1, 0.15) is 32.6 Å². The maximum Gasteiger partial charge on any atom is 0.0704 e. The summed E-state index contributed by atoms with van der Waals surface area (Å²) in [6.07, 6.45) is 5.18. The van der Waals surface area contributed by atoms with E-state index < -0.39 is 0 Å². The van der Waals surface area contributed by atoms with Crippen LogP contribution in [-0.2, 0) is 9.47 Å². The third-order valence-electron chi connectivity index (χ3n) is 3.73. The number of rotatable bonds is 4. The van der Waals surface area contributed by atoms with E-state index in [1.807, 2.05) is 0 Å². The summed E-state index contributed by atoms with van der Waals surface area (Å²) in [6.45, 7) is 4.71. The Bertz CT molecular complexity index is 219. The van der Waals surface area contributed by atoms with Gasteiger partial charge in [0.25, 0.3) is 0 Å². The standard InChI is InChI=1S/C12H22ClNO2/c1-10-2-3-11(16-10)8-14-12(9-13)4-6-15-7-5-12/h10-11,14H,2-9H2,1H3. The van der Waals surface area contributed by atoms with Crippen LogP contribution in [0.3, 0.4) is 0 Å². The van der Waals surface area contributed by atoms with E-state index in [1.54, 1.807) is 0 Å². The smallest absolute Gasteiger partial charge is 0.0704 e. The van der Waals surface area contributed by atoms with E-state index >= 15 is 0 Å². The Labute approximate surface area is 103 Å². The third kappa shape index (κ3) is 3.10. The second kappa shape index (κ2) is 5.67. The topological polar surface area (TPSA) is 30.5 Å². The maximum atomic E-state index is 6.09. The second-order valence-electron chi connectivity index (χ2n) is 5.05. The van der Waals surface area contributed by atoms with Crippen molar-refractivity contribution in [2.45, 2.75) is 50.4 Å². The fraction of sp³-hybridized carbons (Fsp3) is 1.00. The van der Waals surface area contributed by atoms with Crippen molar-refractivity contribution >= 4 is 11.6 Å². The molecule has 2 aliphatic rings. The van der Waals surface area contributed by atoms with Crippen LogP contribution in [-0.4, -0.2) is 43.4 Å². The van der Waals surface area contributed by atoms with E-state index in [4.69, 9.17) is 21.1 Å². The Morgan fingerprint density at radius 2 is 2.06 bits per heavy atom. The highest BCUT2D eigenvalue weighted by Crippen LogP contribution is 2.24. The Kier molecular flexibility index (Phi) is 4.48. The second-order valence-corrected chi connectivity index (χ2v) is 5.32. The largest absolute Gasteiger partial charge is 0.381 e. The molecule has 0 aromatic heterocycles. The first-order valence-electron chi connectivity index (χ1n) is 6.28. The van der Waals surface area contributed by atoms with Gasteiger partial charge < -0.3 is 14.8 Å². The molecule has 0 radical (unpaired) electrons. The van der Waals surface area contributed by atoms with Crippen molar-refractivity contribution < 1.29 is 9.47 Å². The van der Waals surface area contributed by atoms with Gasteiger partial charge in [-0.2, -0.15) is 0 Å². The van der Waals surface area contributed by atoms with Gasteiger partial charge >= 0.3 is 0 Å². The highest BCUT2D eigenvalue weighted by atomic mass is 35.5. The van der Waals surface area contributed by atoms with Crippen LogP contribution in [0.4, 0.5) is 0 Å². The zero-order valence-corrected chi connectivity index (χ0v) is 10.8. The lowest BCUT2D eigenvalue weighted by Gasteiger charge is -2.37. The van der Waals surface area contributed by atoms with Gasteiger partial charge in [0.05, 0.1) is 12.2 Å². The molecule has 2 unspecified atom stereocenters. The van der Waals surface area contributed by atoms with Gasteiger partial charge in [0.15, 0.2) is 0 Å². The van der Waals surface area contributed by atoms with Crippen LogP contribution >= 0.6 is 11.6 Å². The van der Waals surface area contributed by atoms with Crippen LogP contribution in [0.15, 0.2) is 0 Å². The first-order chi connectivity index (χ1) is 7.74. The van der Waals surface area contributed by atoms with Gasteiger partial charge in [0, 0.05) is 31.2 Å². The van der Waals surface area contributed by atoms with E-state index in [1.165, 1.54) is 12.8 Å². The summed E-state index contributed by atoms with van der Waals surface area (Å²) in [4.78, 5) is 0. The maximum absolute atomic E-state index is 6.09. The lowest BCUT2D eigenvalue weighted by atomic mass is 9.92. The molecule has 0 aromatic rings. The minimum Gasteiger partial charge on any atom is -0.381 e. The Balaban J connectivity index is 1.78. The number of ether oxygens (including phenoxy) is 2. The average Bonchev–Trinajstić information content (AvgIpc) is 2.74. The molecule has 0 aliphatic carbocycles. The molecule has 2 fully saturated rings. The van der Waals surface area contributed by atoms with Gasteiger partial charge in [-0.3, -0.25) is 0 Å². The molecule has 0 bridgehead atoms. The number of halogens is 1. The monoisotopic (exact) mass is 247 g/mol. The summed E-state index contributed by atoms with van der Waals surface area (Å²) in [5.41, 5.74) is 0.0784. The van der Waals surface area contributed by atoms with Crippen LogP contribution in [0.5, 0.6) is 0 Å². The Hall–Kier alpha value is 0.170. The summed E-state index contributed by atoms with van der Waals surface area (Å²) >= 11 is 6.09. The molecule has 1 N–H and O–H groups in total. The van der Waals surface area contributed by atoms with E-state index in [0.717, 1.165) is 32.6 Å². The minimum absolute atomic E-state index is 0.0784. The SMILES string of the molecule is CC1CCC(CNC2(CCl)CCOCC2)O1. The predicted octanol–water partition coefficient (Wildman–Crippen LogP) is 1.93. The molecule has 2 heterocycles. The van der Waals surface area contributed by atoms with Crippen LogP contribution < -0.4 is 5.32 Å². The number of nitrogens with one attached hydrogen (secondary N) is 1. The average molecular weight is 248 g/mol. The zero-order chi connectivity index (χ0) is 11.4. The first kappa shape index (κ1) is 12.6. The summed E-state index contributed by atoms with van der Waals surface area (Å²) < 4.78 is 11.2. The van der Waals surface area contributed by atoms with Crippen molar-refractivity contribution in [3.8, 4) is 0 Å². The van der Waals surface area contributed by atoms with Crippen molar-refractivity contribution in [2.75, 3.05) is 25.6 Å². The molecule has 94 valence electrons. The van der Waals surface area contributed by atoms with Crippen molar-refractivity contribution in [1.82, 2.24) is 5.32 Å². The predicted molar refractivity (Wildman–Crippen MR) is 65.1 cm³/mol. The zero-order valence-electron chi connectivity index (χ0n) is 10.0. The molecule has 2 aliphatic heterocycles. The Morgan fingerprint density at radius 3 is 2.62 bits per heavy atom. The van der Waals surface area contributed by atoms with Crippen molar-refractivity contribution in [3.05, 3.63) is 0 Å². The lowest BCUT2D eigenvalue weighted by molar-refractivity contribution is 0.0251. The normalized spacial score (nSPS) is 34.1. The van der Waals surface area contributed by atoms with E-state index in [9.17, 15) is 0 Å². The first-order valence-corrected chi connectivity index (χ1v) is 6.82. The Morgan fingerprint density at radius 1 is 1.31 bits per heavy atom.